The van der Waals surface area contributed by atoms with Crippen LogP contribution in [0.25, 0.3) is 5.57 Å². The van der Waals surface area contributed by atoms with Crippen LogP contribution in [0.4, 0.5) is 4.39 Å². The van der Waals surface area contributed by atoms with Crippen LogP contribution in [0, 0.1) is 12.7 Å². The van der Waals surface area contributed by atoms with E-state index in [2.05, 4.69) is 0 Å². The number of aryl methyl sites for hydroxylation is 1. The number of allylic oxidation sites excluding steroid dienone is 2. The van der Waals surface area contributed by atoms with Gasteiger partial charge >= 0.3 is 0 Å². The van der Waals surface area contributed by atoms with Crippen LogP contribution in [0.3, 0.4) is 0 Å². The molecule has 1 nitrogen and oxygen atoms in total. The van der Waals surface area contributed by atoms with E-state index in [0.717, 1.165) is 36.0 Å². The molecule has 16 heavy (non-hydrogen) atoms. The third-order valence-electron chi connectivity index (χ3n) is 2.99. The molecular weight excluding hydrogens is 203 g/mol. The van der Waals surface area contributed by atoms with E-state index in [4.69, 9.17) is 0 Å². The average Bonchev–Trinajstić information content (AvgIpc) is 2.43. The van der Waals surface area contributed by atoms with Gasteiger partial charge < -0.3 is 0 Å². The molecule has 0 fully saturated rings. The van der Waals surface area contributed by atoms with Crippen LogP contribution in [0.5, 0.6) is 0 Å². The zero-order chi connectivity index (χ0) is 11.5. The van der Waals surface area contributed by atoms with Crippen LogP contribution in [-0.4, -0.2) is 5.78 Å². The Morgan fingerprint density at radius 2 is 1.94 bits per heavy atom. The Hall–Kier alpha value is -1.44. The first-order valence-corrected chi connectivity index (χ1v) is 5.67. The molecule has 0 heterocycles. The number of hydrogen-bond acceptors (Lipinski definition) is 1. The maximum absolute atomic E-state index is 13.0. The molecular formula is C14H15FO. The summed E-state index contributed by atoms with van der Waals surface area (Å²) in [4.78, 5) is 11.5. The van der Waals surface area contributed by atoms with Crippen molar-refractivity contribution < 1.29 is 9.18 Å². The van der Waals surface area contributed by atoms with E-state index in [1.807, 2.05) is 6.92 Å². The summed E-state index contributed by atoms with van der Waals surface area (Å²) in [5.74, 6) is -0.0296. The highest BCUT2D eigenvalue weighted by atomic mass is 19.1. The first kappa shape index (κ1) is 11.1. The zero-order valence-corrected chi connectivity index (χ0v) is 9.42. The smallest absolute Gasteiger partial charge is 0.155 e. The monoisotopic (exact) mass is 218 g/mol. The van der Waals surface area contributed by atoms with Crippen molar-refractivity contribution in [3.05, 3.63) is 41.2 Å². The normalized spacial score (nSPS) is 16.9. The summed E-state index contributed by atoms with van der Waals surface area (Å²) in [5, 5.41) is 0. The van der Waals surface area contributed by atoms with Crippen molar-refractivity contribution in [2.45, 2.75) is 32.6 Å². The van der Waals surface area contributed by atoms with Crippen molar-refractivity contribution in [3.8, 4) is 0 Å². The summed E-state index contributed by atoms with van der Waals surface area (Å²) in [6.07, 6.45) is 5.28. The fraction of sp³-hybridized carbons (Fsp3) is 0.357. The SMILES string of the molecule is Cc1cc(F)ccc1C1=CC(=O)CCCC1. The van der Waals surface area contributed by atoms with E-state index >= 15 is 0 Å². The molecule has 2 rings (SSSR count). The number of ketones is 1. The molecule has 0 bridgehead atoms. The van der Waals surface area contributed by atoms with Gasteiger partial charge in [0.25, 0.3) is 0 Å². The predicted molar refractivity (Wildman–Crippen MR) is 62.6 cm³/mol. The Bertz CT molecular complexity index is 446. The molecule has 0 spiro atoms. The molecule has 1 aliphatic carbocycles. The number of rotatable bonds is 1. The molecule has 0 amide bonds. The van der Waals surface area contributed by atoms with Crippen molar-refractivity contribution in [2.75, 3.05) is 0 Å². The first-order valence-electron chi connectivity index (χ1n) is 5.67. The van der Waals surface area contributed by atoms with Gasteiger partial charge in [-0.1, -0.05) is 6.07 Å². The van der Waals surface area contributed by atoms with Crippen LogP contribution in [0.15, 0.2) is 24.3 Å². The Balaban J connectivity index is 2.38. The number of benzene rings is 1. The first-order chi connectivity index (χ1) is 7.66. The lowest BCUT2D eigenvalue weighted by Crippen LogP contribution is -1.93. The van der Waals surface area contributed by atoms with Gasteiger partial charge in [-0.25, -0.2) is 4.39 Å². The maximum atomic E-state index is 13.0. The molecule has 0 atom stereocenters. The van der Waals surface area contributed by atoms with Gasteiger partial charge in [0.2, 0.25) is 0 Å². The summed E-state index contributed by atoms with van der Waals surface area (Å²) in [6.45, 7) is 1.88. The van der Waals surface area contributed by atoms with Crippen LogP contribution in [-0.2, 0) is 4.79 Å². The van der Waals surface area contributed by atoms with Crippen molar-refractivity contribution in [1.82, 2.24) is 0 Å². The fourth-order valence-electron chi connectivity index (χ4n) is 2.15. The number of carbonyl (C=O) groups is 1. The van der Waals surface area contributed by atoms with E-state index in [0.29, 0.717) is 6.42 Å². The molecule has 0 saturated heterocycles. The summed E-state index contributed by atoms with van der Waals surface area (Å²) in [6, 6.07) is 4.75. The summed E-state index contributed by atoms with van der Waals surface area (Å²) in [7, 11) is 0. The molecule has 1 aliphatic rings. The van der Waals surface area contributed by atoms with Gasteiger partial charge in [-0.05, 0) is 61.1 Å². The van der Waals surface area contributed by atoms with E-state index in [1.54, 1.807) is 12.1 Å². The van der Waals surface area contributed by atoms with E-state index in [1.165, 1.54) is 12.1 Å². The van der Waals surface area contributed by atoms with Crippen molar-refractivity contribution >= 4 is 11.4 Å². The van der Waals surface area contributed by atoms with Gasteiger partial charge in [-0.15, -0.1) is 0 Å². The van der Waals surface area contributed by atoms with Crippen LogP contribution >= 0.6 is 0 Å². The number of carbonyl (C=O) groups excluding carboxylic acids is 1. The third-order valence-corrected chi connectivity index (χ3v) is 2.99. The van der Waals surface area contributed by atoms with Gasteiger partial charge in [0.15, 0.2) is 5.78 Å². The van der Waals surface area contributed by atoms with Gasteiger partial charge in [0.05, 0.1) is 0 Å². The molecule has 0 saturated carbocycles. The molecule has 1 aromatic carbocycles. The molecule has 0 radical (unpaired) electrons. The lowest BCUT2D eigenvalue weighted by atomic mass is 9.97. The molecule has 2 heteroatoms. The molecule has 0 unspecified atom stereocenters. The Morgan fingerprint density at radius 3 is 2.69 bits per heavy atom. The summed E-state index contributed by atoms with van der Waals surface area (Å²) >= 11 is 0. The van der Waals surface area contributed by atoms with Crippen molar-refractivity contribution in [1.29, 1.82) is 0 Å². The summed E-state index contributed by atoms with van der Waals surface area (Å²) < 4.78 is 13.0. The zero-order valence-electron chi connectivity index (χ0n) is 9.42. The van der Waals surface area contributed by atoms with Gasteiger partial charge in [0, 0.05) is 6.42 Å². The molecule has 0 aromatic heterocycles. The minimum Gasteiger partial charge on any atom is -0.295 e. The Kier molecular flexibility index (Phi) is 3.18. The Labute approximate surface area is 95.0 Å². The standard InChI is InChI=1S/C14H15FO/c1-10-8-12(15)6-7-14(10)11-4-2-3-5-13(16)9-11/h6-9H,2-5H2,1H3. The minimum absolute atomic E-state index is 0.191. The highest BCUT2D eigenvalue weighted by Crippen LogP contribution is 2.27. The average molecular weight is 218 g/mol. The fourth-order valence-corrected chi connectivity index (χ4v) is 2.15. The molecule has 0 N–H and O–H groups in total. The summed E-state index contributed by atoms with van der Waals surface area (Å²) in [5.41, 5.74) is 2.97. The molecule has 84 valence electrons. The quantitative estimate of drug-likeness (QED) is 0.703. The second-order valence-electron chi connectivity index (χ2n) is 4.30. The predicted octanol–water partition coefficient (Wildman–Crippen LogP) is 3.66. The largest absolute Gasteiger partial charge is 0.295 e. The van der Waals surface area contributed by atoms with Crippen LogP contribution in [0.1, 0.15) is 36.8 Å². The highest BCUT2D eigenvalue weighted by Gasteiger charge is 2.12. The van der Waals surface area contributed by atoms with Gasteiger partial charge in [-0.3, -0.25) is 4.79 Å². The minimum atomic E-state index is -0.221. The maximum Gasteiger partial charge on any atom is 0.155 e. The second kappa shape index (κ2) is 4.60. The van der Waals surface area contributed by atoms with E-state index in [-0.39, 0.29) is 11.6 Å². The lowest BCUT2D eigenvalue weighted by molar-refractivity contribution is -0.114. The van der Waals surface area contributed by atoms with Crippen LogP contribution < -0.4 is 0 Å². The van der Waals surface area contributed by atoms with Crippen molar-refractivity contribution in [3.63, 3.8) is 0 Å². The van der Waals surface area contributed by atoms with Crippen molar-refractivity contribution in [2.24, 2.45) is 0 Å². The number of halogens is 1. The molecule has 0 aliphatic heterocycles. The van der Waals surface area contributed by atoms with E-state index in [9.17, 15) is 9.18 Å². The van der Waals surface area contributed by atoms with Gasteiger partial charge in [-0.2, -0.15) is 0 Å². The topological polar surface area (TPSA) is 17.1 Å². The lowest BCUT2D eigenvalue weighted by Gasteiger charge is -2.08. The third kappa shape index (κ3) is 2.38. The van der Waals surface area contributed by atoms with Gasteiger partial charge in [0.1, 0.15) is 5.82 Å². The highest BCUT2D eigenvalue weighted by molar-refractivity contribution is 5.97. The molecule has 1 aromatic rings. The van der Waals surface area contributed by atoms with E-state index < -0.39 is 0 Å². The van der Waals surface area contributed by atoms with Crippen LogP contribution in [0.2, 0.25) is 0 Å². The number of hydrogen-bond donors (Lipinski definition) is 0. The second-order valence-corrected chi connectivity index (χ2v) is 4.30. The Morgan fingerprint density at radius 1 is 1.19 bits per heavy atom.